The molecule has 0 N–H and O–H groups in total. The quantitative estimate of drug-likeness (QED) is 0.740. The van der Waals surface area contributed by atoms with Gasteiger partial charge in [0.15, 0.2) is 0 Å². The predicted octanol–water partition coefficient (Wildman–Crippen LogP) is 4.54. The molecular weight excluding hydrogens is 275 g/mol. The SMILES string of the molecule is CCC(=Cc1ccc(OC)c(Cl)c1)CBr. The van der Waals surface area contributed by atoms with Gasteiger partial charge >= 0.3 is 0 Å². The molecule has 1 aromatic rings. The van der Waals surface area contributed by atoms with Gasteiger partial charge in [0.25, 0.3) is 0 Å². The first-order chi connectivity index (χ1) is 7.21. The van der Waals surface area contributed by atoms with E-state index in [0.29, 0.717) is 10.8 Å². The highest BCUT2D eigenvalue weighted by atomic mass is 79.9. The van der Waals surface area contributed by atoms with E-state index in [0.717, 1.165) is 17.3 Å². The van der Waals surface area contributed by atoms with Gasteiger partial charge in [-0.1, -0.05) is 52.2 Å². The van der Waals surface area contributed by atoms with Gasteiger partial charge in [-0.3, -0.25) is 0 Å². The fourth-order valence-corrected chi connectivity index (χ4v) is 2.07. The predicted molar refractivity (Wildman–Crippen MR) is 70.1 cm³/mol. The fourth-order valence-electron chi connectivity index (χ4n) is 1.24. The molecule has 0 saturated carbocycles. The standard InChI is InChI=1S/C12H14BrClO/c1-3-9(8-13)6-10-4-5-12(15-2)11(14)7-10/h4-7H,3,8H2,1-2H3. The minimum Gasteiger partial charge on any atom is -0.495 e. The number of rotatable bonds is 4. The zero-order valence-corrected chi connectivity index (χ0v) is 11.2. The van der Waals surface area contributed by atoms with Gasteiger partial charge in [-0.05, 0) is 24.1 Å². The van der Waals surface area contributed by atoms with Crippen LogP contribution in [0.1, 0.15) is 18.9 Å². The second-order valence-corrected chi connectivity index (χ2v) is 4.15. The summed E-state index contributed by atoms with van der Waals surface area (Å²) < 4.78 is 5.10. The van der Waals surface area contributed by atoms with Crippen LogP contribution >= 0.6 is 27.5 Å². The molecule has 0 bridgehead atoms. The topological polar surface area (TPSA) is 9.23 Å². The number of hydrogen-bond acceptors (Lipinski definition) is 1. The molecule has 0 spiro atoms. The number of ether oxygens (including phenoxy) is 1. The summed E-state index contributed by atoms with van der Waals surface area (Å²) in [6.45, 7) is 2.14. The van der Waals surface area contributed by atoms with Gasteiger partial charge in [0, 0.05) is 5.33 Å². The van der Waals surface area contributed by atoms with Crippen LogP contribution in [0.25, 0.3) is 6.08 Å². The molecule has 0 aliphatic rings. The van der Waals surface area contributed by atoms with Gasteiger partial charge in [-0.25, -0.2) is 0 Å². The summed E-state index contributed by atoms with van der Waals surface area (Å²) in [7, 11) is 1.62. The number of halogens is 2. The van der Waals surface area contributed by atoms with Crippen molar-refractivity contribution in [3.8, 4) is 5.75 Å². The average Bonchev–Trinajstić information content (AvgIpc) is 2.26. The lowest BCUT2D eigenvalue weighted by atomic mass is 10.1. The summed E-state index contributed by atoms with van der Waals surface area (Å²) >= 11 is 9.49. The summed E-state index contributed by atoms with van der Waals surface area (Å²) in [5.41, 5.74) is 2.45. The van der Waals surface area contributed by atoms with E-state index >= 15 is 0 Å². The van der Waals surface area contributed by atoms with E-state index in [1.165, 1.54) is 5.57 Å². The minimum atomic E-state index is 0.649. The van der Waals surface area contributed by atoms with Crippen molar-refractivity contribution in [3.63, 3.8) is 0 Å². The first kappa shape index (κ1) is 12.6. The maximum Gasteiger partial charge on any atom is 0.137 e. The molecule has 0 heterocycles. The second kappa shape index (κ2) is 6.19. The third-order valence-corrected chi connectivity index (χ3v) is 3.19. The van der Waals surface area contributed by atoms with Crippen LogP contribution in [0.2, 0.25) is 5.02 Å². The smallest absolute Gasteiger partial charge is 0.137 e. The van der Waals surface area contributed by atoms with Crippen LogP contribution in [0, 0.1) is 0 Å². The Bertz CT molecular complexity index is 355. The number of benzene rings is 1. The van der Waals surface area contributed by atoms with E-state index in [4.69, 9.17) is 16.3 Å². The molecule has 0 amide bonds. The highest BCUT2D eigenvalue weighted by Crippen LogP contribution is 2.26. The highest BCUT2D eigenvalue weighted by molar-refractivity contribution is 9.09. The first-order valence-corrected chi connectivity index (χ1v) is 6.30. The number of hydrogen-bond donors (Lipinski definition) is 0. The maximum absolute atomic E-state index is 6.03. The van der Waals surface area contributed by atoms with Crippen LogP contribution in [-0.4, -0.2) is 12.4 Å². The van der Waals surface area contributed by atoms with Crippen molar-refractivity contribution in [3.05, 3.63) is 34.4 Å². The molecule has 0 aliphatic carbocycles. The zero-order chi connectivity index (χ0) is 11.3. The molecule has 15 heavy (non-hydrogen) atoms. The third kappa shape index (κ3) is 3.54. The molecule has 3 heteroatoms. The minimum absolute atomic E-state index is 0.649. The van der Waals surface area contributed by atoms with Crippen molar-refractivity contribution in [2.75, 3.05) is 12.4 Å². The second-order valence-electron chi connectivity index (χ2n) is 3.18. The van der Waals surface area contributed by atoms with E-state index in [9.17, 15) is 0 Å². The summed E-state index contributed by atoms with van der Waals surface area (Å²) in [5.74, 6) is 0.714. The fraction of sp³-hybridized carbons (Fsp3) is 0.333. The van der Waals surface area contributed by atoms with Crippen LogP contribution in [-0.2, 0) is 0 Å². The zero-order valence-electron chi connectivity index (χ0n) is 8.89. The molecule has 82 valence electrons. The molecular formula is C12H14BrClO. The Labute approximate surface area is 104 Å². The number of methoxy groups -OCH3 is 1. The van der Waals surface area contributed by atoms with E-state index in [2.05, 4.69) is 28.9 Å². The summed E-state index contributed by atoms with van der Waals surface area (Å²) in [5, 5.41) is 1.55. The van der Waals surface area contributed by atoms with E-state index in [1.54, 1.807) is 7.11 Å². The van der Waals surface area contributed by atoms with Crippen LogP contribution in [0.4, 0.5) is 0 Å². The number of alkyl halides is 1. The van der Waals surface area contributed by atoms with Gasteiger partial charge < -0.3 is 4.74 Å². The van der Waals surface area contributed by atoms with Gasteiger partial charge in [-0.15, -0.1) is 0 Å². The van der Waals surface area contributed by atoms with Crippen LogP contribution in [0.3, 0.4) is 0 Å². The Morgan fingerprint density at radius 3 is 2.73 bits per heavy atom. The van der Waals surface area contributed by atoms with E-state index in [1.807, 2.05) is 18.2 Å². The normalized spacial score (nSPS) is 11.6. The van der Waals surface area contributed by atoms with Gasteiger partial charge in [-0.2, -0.15) is 0 Å². The molecule has 0 saturated heterocycles. The van der Waals surface area contributed by atoms with Crippen molar-refractivity contribution in [2.45, 2.75) is 13.3 Å². The van der Waals surface area contributed by atoms with Gasteiger partial charge in [0.05, 0.1) is 12.1 Å². The van der Waals surface area contributed by atoms with Crippen molar-refractivity contribution in [1.82, 2.24) is 0 Å². The van der Waals surface area contributed by atoms with Crippen LogP contribution in [0.15, 0.2) is 23.8 Å². The molecule has 0 aromatic heterocycles. The Balaban J connectivity index is 2.97. The van der Waals surface area contributed by atoms with Gasteiger partial charge in [0.2, 0.25) is 0 Å². The Kier molecular flexibility index (Phi) is 5.20. The Hall–Kier alpha value is -0.470. The Morgan fingerprint density at radius 1 is 1.53 bits per heavy atom. The average molecular weight is 290 g/mol. The largest absolute Gasteiger partial charge is 0.495 e. The summed E-state index contributed by atoms with van der Waals surface area (Å²) in [6.07, 6.45) is 3.18. The highest BCUT2D eigenvalue weighted by Gasteiger charge is 2.00. The lowest BCUT2D eigenvalue weighted by Crippen LogP contribution is -1.86. The Morgan fingerprint density at radius 2 is 2.27 bits per heavy atom. The monoisotopic (exact) mass is 288 g/mol. The summed E-state index contributed by atoms with van der Waals surface area (Å²) in [6, 6.07) is 5.80. The van der Waals surface area contributed by atoms with Crippen molar-refractivity contribution < 1.29 is 4.74 Å². The molecule has 1 nitrogen and oxygen atoms in total. The van der Waals surface area contributed by atoms with Crippen LogP contribution in [0.5, 0.6) is 5.75 Å². The summed E-state index contributed by atoms with van der Waals surface area (Å²) in [4.78, 5) is 0. The molecule has 0 unspecified atom stereocenters. The van der Waals surface area contributed by atoms with Gasteiger partial charge in [0.1, 0.15) is 5.75 Å². The van der Waals surface area contributed by atoms with E-state index < -0.39 is 0 Å². The molecule has 0 fully saturated rings. The molecule has 1 rings (SSSR count). The number of allylic oxidation sites excluding steroid dienone is 1. The van der Waals surface area contributed by atoms with Crippen LogP contribution < -0.4 is 4.74 Å². The van der Waals surface area contributed by atoms with Crippen molar-refractivity contribution >= 4 is 33.6 Å². The lowest BCUT2D eigenvalue weighted by molar-refractivity contribution is 0.415. The van der Waals surface area contributed by atoms with Crippen molar-refractivity contribution in [2.24, 2.45) is 0 Å². The molecule has 1 aromatic carbocycles. The van der Waals surface area contributed by atoms with E-state index in [-0.39, 0.29) is 0 Å². The van der Waals surface area contributed by atoms with Crippen molar-refractivity contribution in [1.29, 1.82) is 0 Å². The molecule has 0 atom stereocenters. The third-order valence-electron chi connectivity index (χ3n) is 2.17. The maximum atomic E-state index is 6.03. The molecule has 0 radical (unpaired) electrons. The first-order valence-electron chi connectivity index (χ1n) is 4.80. The lowest BCUT2D eigenvalue weighted by Gasteiger charge is -2.04. The molecule has 0 aliphatic heterocycles.